The van der Waals surface area contributed by atoms with Crippen molar-refractivity contribution < 1.29 is 28.3 Å². The molecule has 1 aromatic carbocycles. The van der Waals surface area contributed by atoms with E-state index < -0.39 is 24.5 Å². The molecule has 3 rings (SSSR count). The van der Waals surface area contributed by atoms with Crippen LogP contribution in [0.1, 0.15) is 27.6 Å². The number of benzene rings is 1. The smallest absolute Gasteiger partial charge is 0.341 e. The number of rotatable bonds is 7. The molecule has 28 heavy (non-hydrogen) atoms. The van der Waals surface area contributed by atoms with Gasteiger partial charge in [-0.15, -0.1) is 11.3 Å². The first-order valence-electron chi connectivity index (χ1n) is 8.43. The van der Waals surface area contributed by atoms with Gasteiger partial charge < -0.3 is 19.2 Å². The van der Waals surface area contributed by atoms with Gasteiger partial charge in [-0.05, 0) is 18.6 Å². The van der Waals surface area contributed by atoms with Crippen LogP contribution in [-0.4, -0.2) is 31.1 Å². The van der Waals surface area contributed by atoms with E-state index in [2.05, 4.69) is 5.32 Å². The zero-order valence-corrected chi connectivity index (χ0v) is 15.8. The van der Waals surface area contributed by atoms with Crippen molar-refractivity contribution in [2.45, 2.75) is 6.92 Å². The first-order chi connectivity index (χ1) is 13.6. The van der Waals surface area contributed by atoms with Crippen LogP contribution in [0.4, 0.5) is 5.00 Å². The van der Waals surface area contributed by atoms with Gasteiger partial charge in [-0.3, -0.25) is 4.79 Å². The van der Waals surface area contributed by atoms with Crippen LogP contribution in [0.2, 0.25) is 0 Å². The Balaban J connectivity index is 1.75. The fraction of sp³-hybridized carbons (Fsp3) is 0.150. The van der Waals surface area contributed by atoms with E-state index in [1.54, 1.807) is 12.3 Å². The second-order valence-electron chi connectivity index (χ2n) is 5.58. The summed E-state index contributed by atoms with van der Waals surface area (Å²) in [5.74, 6) is -1.78. The molecule has 0 saturated carbocycles. The van der Waals surface area contributed by atoms with Crippen molar-refractivity contribution in [1.29, 1.82) is 0 Å². The zero-order valence-electron chi connectivity index (χ0n) is 15.0. The third-order valence-corrected chi connectivity index (χ3v) is 4.60. The molecule has 0 aliphatic carbocycles. The Morgan fingerprint density at radius 2 is 1.86 bits per heavy atom. The van der Waals surface area contributed by atoms with Crippen molar-refractivity contribution in [2.24, 2.45) is 0 Å². The standard InChI is InChI=1S/C20H17NO6S/c1-2-26-20(24)17-15(13-6-4-3-5-7-13)12-28-18(17)21-16(22)11-27-19(23)14-8-9-25-10-14/h3-10,12H,2,11H2,1H3,(H,21,22). The maximum absolute atomic E-state index is 12.5. The van der Waals surface area contributed by atoms with E-state index in [9.17, 15) is 14.4 Å². The average molecular weight is 399 g/mol. The molecule has 2 heterocycles. The third-order valence-electron chi connectivity index (χ3n) is 3.70. The van der Waals surface area contributed by atoms with Crippen molar-refractivity contribution in [3.05, 3.63) is 65.4 Å². The third kappa shape index (κ3) is 4.47. The van der Waals surface area contributed by atoms with Gasteiger partial charge in [0.25, 0.3) is 5.91 Å². The Kier molecular flexibility index (Phi) is 6.23. The minimum atomic E-state index is -0.675. The molecule has 7 nitrogen and oxygen atoms in total. The fourth-order valence-corrected chi connectivity index (χ4v) is 3.42. The molecule has 0 bridgehead atoms. The van der Waals surface area contributed by atoms with Gasteiger partial charge in [-0.1, -0.05) is 30.3 Å². The fourth-order valence-electron chi connectivity index (χ4n) is 2.44. The number of ether oxygens (including phenoxy) is 2. The molecule has 0 fully saturated rings. The van der Waals surface area contributed by atoms with Gasteiger partial charge in [-0.25, -0.2) is 9.59 Å². The second-order valence-corrected chi connectivity index (χ2v) is 6.46. The largest absolute Gasteiger partial charge is 0.472 e. The summed E-state index contributed by atoms with van der Waals surface area (Å²) in [6.45, 7) is 1.42. The molecule has 8 heteroatoms. The van der Waals surface area contributed by atoms with Gasteiger partial charge in [0.05, 0.1) is 18.4 Å². The molecular weight excluding hydrogens is 382 g/mol. The number of amides is 1. The predicted octanol–water partition coefficient (Wildman–Crippen LogP) is 3.98. The lowest BCUT2D eigenvalue weighted by molar-refractivity contribution is -0.119. The molecule has 0 atom stereocenters. The topological polar surface area (TPSA) is 94.8 Å². The highest BCUT2D eigenvalue weighted by atomic mass is 32.1. The first-order valence-corrected chi connectivity index (χ1v) is 9.31. The summed E-state index contributed by atoms with van der Waals surface area (Å²) in [4.78, 5) is 36.4. The van der Waals surface area contributed by atoms with Crippen LogP contribution < -0.4 is 5.32 Å². The number of hydrogen-bond acceptors (Lipinski definition) is 7. The van der Waals surface area contributed by atoms with Crippen LogP contribution in [0, 0.1) is 0 Å². The lowest BCUT2D eigenvalue weighted by Gasteiger charge is -2.09. The molecule has 0 aliphatic heterocycles. The molecule has 0 unspecified atom stereocenters. The molecule has 144 valence electrons. The zero-order chi connectivity index (χ0) is 19.9. The van der Waals surface area contributed by atoms with E-state index in [1.165, 1.54) is 29.9 Å². The second kappa shape index (κ2) is 9.01. The van der Waals surface area contributed by atoms with Crippen LogP contribution in [0.5, 0.6) is 0 Å². The summed E-state index contributed by atoms with van der Waals surface area (Å²) in [5, 5.41) is 4.73. The van der Waals surface area contributed by atoms with Crippen molar-refractivity contribution in [1.82, 2.24) is 0 Å². The van der Waals surface area contributed by atoms with Gasteiger partial charge in [0, 0.05) is 10.9 Å². The average Bonchev–Trinajstić information content (AvgIpc) is 3.37. The summed E-state index contributed by atoms with van der Waals surface area (Å²) in [5.41, 5.74) is 1.97. The lowest BCUT2D eigenvalue weighted by Crippen LogP contribution is -2.21. The Morgan fingerprint density at radius 1 is 1.07 bits per heavy atom. The summed E-state index contributed by atoms with van der Waals surface area (Å²) in [6, 6.07) is 10.7. The van der Waals surface area contributed by atoms with Crippen molar-refractivity contribution in [3.8, 4) is 11.1 Å². The van der Waals surface area contributed by atoms with E-state index in [4.69, 9.17) is 13.9 Å². The van der Waals surface area contributed by atoms with Gasteiger partial charge >= 0.3 is 11.9 Å². The quantitative estimate of drug-likeness (QED) is 0.604. The minimum Gasteiger partial charge on any atom is -0.472 e. The number of carbonyl (C=O) groups excluding carboxylic acids is 3. The molecule has 1 N–H and O–H groups in total. The molecule has 3 aromatic rings. The Hall–Kier alpha value is -3.39. The Morgan fingerprint density at radius 3 is 2.54 bits per heavy atom. The van der Waals surface area contributed by atoms with Gasteiger partial charge in [-0.2, -0.15) is 0 Å². The van der Waals surface area contributed by atoms with E-state index in [1.807, 2.05) is 30.3 Å². The van der Waals surface area contributed by atoms with E-state index in [-0.39, 0.29) is 17.7 Å². The molecule has 1 amide bonds. The van der Waals surface area contributed by atoms with Crippen LogP contribution >= 0.6 is 11.3 Å². The van der Waals surface area contributed by atoms with Crippen LogP contribution in [0.3, 0.4) is 0 Å². The maximum atomic E-state index is 12.5. The summed E-state index contributed by atoms with van der Waals surface area (Å²) >= 11 is 1.20. The highest BCUT2D eigenvalue weighted by Gasteiger charge is 2.23. The molecule has 0 radical (unpaired) electrons. The van der Waals surface area contributed by atoms with Crippen LogP contribution in [0.15, 0.2) is 58.7 Å². The van der Waals surface area contributed by atoms with Gasteiger partial charge in [0.1, 0.15) is 16.8 Å². The van der Waals surface area contributed by atoms with Crippen LogP contribution in [0.25, 0.3) is 11.1 Å². The predicted molar refractivity (Wildman–Crippen MR) is 103 cm³/mol. The van der Waals surface area contributed by atoms with Gasteiger partial charge in [0.2, 0.25) is 0 Å². The summed E-state index contributed by atoms with van der Waals surface area (Å²) in [6.07, 6.45) is 2.56. The number of anilines is 1. The number of esters is 2. The van der Waals surface area contributed by atoms with Crippen molar-refractivity contribution in [3.63, 3.8) is 0 Å². The molecule has 2 aromatic heterocycles. The number of nitrogens with one attached hydrogen (secondary N) is 1. The lowest BCUT2D eigenvalue weighted by atomic mass is 10.0. The van der Waals surface area contributed by atoms with E-state index in [0.717, 1.165) is 5.56 Å². The monoisotopic (exact) mass is 399 g/mol. The Labute approximate surface area is 164 Å². The van der Waals surface area contributed by atoms with E-state index in [0.29, 0.717) is 10.6 Å². The number of carbonyl (C=O) groups is 3. The van der Waals surface area contributed by atoms with Crippen molar-refractivity contribution in [2.75, 3.05) is 18.5 Å². The van der Waals surface area contributed by atoms with Crippen molar-refractivity contribution >= 4 is 34.2 Å². The van der Waals surface area contributed by atoms with Gasteiger partial charge in [0.15, 0.2) is 6.61 Å². The Bertz CT molecular complexity index is 962. The maximum Gasteiger partial charge on any atom is 0.341 e. The SMILES string of the molecule is CCOC(=O)c1c(-c2ccccc2)csc1NC(=O)COC(=O)c1ccoc1. The molecule has 0 aliphatic rings. The minimum absolute atomic E-state index is 0.207. The molecule has 0 spiro atoms. The highest BCUT2D eigenvalue weighted by molar-refractivity contribution is 7.15. The van der Waals surface area contributed by atoms with E-state index >= 15 is 0 Å². The molecule has 0 saturated heterocycles. The highest BCUT2D eigenvalue weighted by Crippen LogP contribution is 2.36. The van der Waals surface area contributed by atoms with Crippen LogP contribution in [-0.2, 0) is 14.3 Å². The first kappa shape index (κ1) is 19.4. The number of thiophene rings is 1. The molecular formula is C20H17NO6S. The summed E-state index contributed by atoms with van der Waals surface area (Å²) < 4.78 is 14.9. The number of furan rings is 1. The number of hydrogen-bond donors (Lipinski definition) is 1. The normalized spacial score (nSPS) is 10.3. The summed E-state index contributed by atoms with van der Waals surface area (Å²) in [7, 11) is 0.